The van der Waals surface area contributed by atoms with Gasteiger partial charge in [-0.05, 0) is 6.08 Å². The topological polar surface area (TPSA) is 26.3 Å². The summed E-state index contributed by atoms with van der Waals surface area (Å²) < 4.78 is 4.60. The van der Waals surface area contributed by atoms with Crippen LogP contribution in [0, 0.1) is 0 Å². The lowest BCUT2D eigenvalue weighted by Gasteiger charge is -1.81. The molecule has 0 saturated carbocycles. The molecule has 0 atom stereocenters. The van der Waals surface area contributed by atoms with Crippen molar-refractivity contribution in [2.45, 2.75) is 0 Å². The van der Waals surface area contributed by atoms with Crippen LogP contribution in [-0.4, -0.2) is 20.0 Å². The zero-order valence-electron chi connectivity index (χ0n) is 4.26. The molecule has 0 rings (SSSR count). The van der Waals surface area contributed by atoms with Gasteiger partial charge in [-0.15, -0.1) is 0 Å². The Labute approximate surface area is 42.8 Å². The predicted molar refractivity (Wildman–Crippen MR) is 27.1 cm³/mol. The Hall–Kier alpha value is -0.630. The van der Waals surface area contributed by atoms with Gasteiger partial charge in [0.05, 0.1) is 6.61 Å². The standard InChI is InChI=1S/C5H8O2/c1-7-5-3-2-4-6/h2-4H,5H2,1H3/b3-2-. The molecule has 0 aromatic rings. The summed E-state index contributed by atoms with van der Waals surface area (Å²) in [5.74, 6) is 0. The Balaban J connectivity index is 2.92. The highest BCUT2D eigenvalue weighted by Crippen LogP contribution is 1.67. The summed E-state index contributed by atoms with van der Waals surface area (Å²) in [7, 11) is 1.58. The molecule has 0 spiro atoms. The molecule has 2 heteroatoms. The third kappa shape index (κ3) is 5.37. The van der Waals surface area contributed by atoms with Crippen LogP contribution in [-0.2, 0) is 9.53 Å². The molecule has 0 aromatic carbocycles. The molecule has 7 heavy (non-hydrogen) atoms. The van der Waals surface area contributed by atoms with Crippen LogP contribution in [0.5, 0.6) is 0 Å². The molecule has 0 amide bonds. The number of rotatable bonds is 3. The molecule has 0 aliphatic rings. The zero-order chi connectivity index (χ0) is 5.54. The molecule has 40 valence electrons. The van der Waals surface area contributed by atoms with Crippen molar-refractivity contribution >= 4 is 6.29 Å². The first-order valence-electron chi connectivity index (χ1n) is 2.01. The van der Waals surface area contributed by atoms with E-state index in [1.54, 1.807) is 13.2 Å². The van der Waals surface area contributed by atoms with Crippen LogP contribution >= 0.6 is 0 Å². The number of allylic oxidation sites excluding steroid dienone is 1. The van der Waals surface area contributed by atoms with Crippen molar-refractivity contribution in [1.29, 1.82) is 0 Å². The lowest BCUT2D eigenvalue weighted by atomic mass is 10.5. The van der Waals surface area contributed by atoms with E-state index in [9.17, 15) is 4.79 Å². The first-order valence-corrected chi connectivity index (χ1v) is 2.01. The normalized spacial score (nSPS) is 9.86. The van der Waals surface area contributed by atoms with E-state index in [-0.39, 0.29) is 0 Å². The second-order valence-electron chi connectivity index (χ2n) is 1.02. The zero-order valence-corrected chi connectivity index (χ0v) is 4.26. The largest absolute Gasteiger partial charge is 0.381 e. The number of carbonyl (C=O) groups excluding carboxylic acids is 1. The highest BCUT2D eigenvalue weighted by atomic mass is 16.5. The summed E-state index contributed by atoms with van der Waals surface area (Å²) in [6.45, 7) is 0.513. The molecule has 0 heterocycles. The number of ether oxygens (including phenoxy) is 1. The average molecular weight is 100 g/mol. The van der Waals surface area contributed by atoms with E-state index in [0.29, 0.717) is 6.61 Å². The molecular weight excluding hydrogens is 92.1 g/mol. The van der Waals surface area contributed by atoms with Crippen molar-refractivity contribution in [2.75, 3.05) is 13.7 Å². The summed E-state index contributed by atoms with van der Waals surface area (Å²) in [6, 6.07) is 0. The van der Waals surface area contributed by atoms with Gasteiger partial charge < -0.3 is 4.74 Å². The van der Waals surface area contributed by atoms with Crippen LogP contribution in [0.1, 0.15) is 0 Å². The van der Waals surface area contributed by atoms with Gasteiger partial charge in [0.15, 0.2) is 0 Å². The number of aldehydes is 1. The summed E-state index contributed by atoms with van der Waals surface area (Å²) >= 11 is 0. The Morgan fingerprint density at radius 2 is 2.43 bits per heavy atom. The van der Waals surface area contributed by atoms with E-state index in [1.165, 1.54) is 6.08 Å². The van der Waals surface area contributed by atoms with Gasteiger partial charge in [-0.25, -0.2) is 0 Å². The second kappa shape index (κ2) is 5.37. The van der Waals surface area contributed by atoms with Crippen molar-refractivity contribution in [2.24, 2.45) is 0 Å². The Bertz CT molecular complexity index is 66.5. The van der Waals surface area contributed by atoms with Crippen molar-refractivity contribution in [3.63, 3.8) is 0 Å². The highest BCUT2D eigenvalue weighted by Gasteiger charge is 1.65. The molecule has 0 fully saturated rings. The number of carbonyl (C=O) groups is 1. The second-order valence-corrected chi connectivity index (χ2v) is 1.02. The molecular formula is C5H8O2. The van der Waals surface area contributed by atoms with E-state index in [4.69, 9.17) is 0 Å². The van der Waals surface area contributed by atoms with E-state index in [1.807, 2.05) is 0 Å². The lowest BCUT2D eigenvalue weighted by molar-refractivity contribution is -0.104. The number of methoxy groups -OCH3 is 1. The van der Waals surface area contributed by atoms with Gasteiger partial charge in [0.2, 0.25) is 0 Å². The smallest absolute Gasteiger partial charge is 0.142 e. The minimum absolute atomic E-state index is 0.513. The van der Waals surface area contributed by atoms with Gasteiger partial charge in [0.1, 0.15) is 6.29 Å². The summed E-state index contributed by atoms with van der Waals surface area (Å²) in [4.78, 5) is 9.54. The fourth-order valence-corrected chi connectivity index (χ4v) is 0.207. The van der Waals surface area contributed by atoms with Gasteiger partial charge in [-0.3, -0.25) is 4.79 Å². The van der Waals surface area contributed by atoms with Crippen LogP contribution < -0.4 is 0 Å². The van der Waals surface area contributed by atoms with E-state index in [0.717, 1.165) is 6.29 Å². The molecule has 0 bridgehead atoms. The van der Waals surface area contributed by atoms with Crippen molar-refractivity contribution in [3.8, 4) is 0 Å². The Morgan fingerprint density at radius 1 is 1.71 bits per heavy atom. The first-order chi connectivity index (χ1) is 3.41. The first kappa shape index (κ1) is 6.37. The van der Waals surface area contributed by atoms with Crippen LogP contribution in [0.3, 0.4) is 0 Å². The maximum atomic E-state index is 9.54. The van der Waals surface area contributed by atoms with Gasteiger partial charge in [0, 0.05) is 7.11 Å². The Morgan fingerprint density at radius 3 is 2.86 bits per heavy atom. The molecule has 0 saturated heterocycles. The van der Waals surface area contributed by atoms with E-state index >= 15 is 0 Å². The van der Waals surface area contributed by atoms with Crippen LogP contribution in [0.15, 0.2) is 12.2 Å². The SMILES string of the molecule is COC/C=C\C=O. The predicted octanol–water partition coefficient (Wildman–Crippen LogP) is 0.388. The maximum Gasteiger partial charge on any atom is 0.142 e. The lowest BCUT2D eigenvalue weighted by Crippen LogP contribution is -1.79. The van der Waals surface area contributed by atoms with E-state index in [2.05, 4.69) is 4.74 Å². The van der Waals surface area contributed by atoms with Crippen LogP contribution in [0.4, 0.5) is 0 Å². The highest BCUT2D eigenvalue weighted by molar-refractivity contribution is 5.64. The molecule has 0 aromatic heterocycles. The third-order valence-corrected chi connectivity index (χ3v) is 0.478. The maximum absolute atomic E-state index is 9.54. The molecule has 0 aliphatic heterocycles. The fourth-order valence-electron chi connectivity index (χ4n) is 0.207. The van der Waals surface area contributed by atoms with Gasteiger partial charge in [-0.2, -0.15) is 0 Å². The third-order valence-electron chi connectivity index (χ3n) is 0.478. The molecule has 0 unspecified atom stereocenters. The molecule has 0 radical (unpaired) electrons. The van der Waals surface area contributed by atoms with Crippen molar-refractivity contribution < 1.29 is 9.53 Å². The Kier molecular flexibility index (Phi) is 4.89. The average Bonchev–Trinajstić information content (AvgIpc) is 1.69. The summed E-state index contributed by atoms with van der Waals surface area (Å²) in [6.07, 6.45) is 3.77. The number of hydrogen-bond donors (Lipinski definition) is 0. The van der Waals surface area contributed by atoms with Gasteiger partial charge >= 0.3 is 0 Å². The minimum Gasteiger partial charge on any atom is -0.381 e. The van der Waals surface area contributed by atoms with Crippen LogP contribution in [0.25, 0.3) is 0 Å². The monoisotopic (exact) mass is 100 g/mol. The minimum atomic E-state index is 0.513. The quantitative estimate of drug-likeness (QED) is 0.378. The summed E-state index contributed by atoms with van der Waals surface area (Å²) in [5.41, 5.74) is 0. The van der Waals surface area contributed by atoms with E-state index < -0.39 is 0 Å². The van der Waals surface area contributed by atoms with Gasteiger partial charge in [0.25, 0.3) is 0 Å². The van der Waals surface area contributed by atoms with Crippen LogP contribution in [0.2, 0.25) is 0 Å². The van der Waals surface area contributed by atoms with Gasteiger partial charge in [-0.1, -0.05) is 6.08 Å². The fraction of sp³-hybridized carbons (Fsp3) is 0.400. The van der Waals surface area contributed by atoms with Crippen molar-refractivity contribution in [1.82, 2.24) is 0 Å². The molecule has 0 aliphatic carbocycles. The molecule has 0 N–H and O–H groups in total. The van der Waals surface area contributed by atoms with Crippen molar-refractivity contribution in [3.05, 3.63) is 12.2 Å². The number of hydrogen-bond acceptors (Lipinski definition) is 2. The summed E-state index contributed by atoms with van der Waals surface area (Å²) in [5, 5.41) is 0. The molecule has 2 nitrogen and oxygen atoms in total.